The van der Waals surface area contributed by atoms with Gasteiger partial charge >= 0.3 is 0 Å². The third-order valence-corrected chi connectivity index (χ3v) is 14.0. The second-order valence-corrected chi connectivity index (χ2v) is 17.3. The zero-order valence-corrected chi connectivity index (χ0v) is 34.5. The topological polar surface area (TPSA) is 44.5 Å². The lowest BCUT2D eigenvalue weighted by molar-refractivity contribution is 1.11. The molecule has 0 saturated heterocycles. The highest BCUT2D eigenvalue weighted by molar-refractivity contribution is 7.26. The molecule has 0 N–H and O–H groups in total. The first-order chi connectivity index (χ1) is 31.2. The quantitative estimate of drug-likeness (QED) is 0.174. The molecule has 9 aromatic carbocycles. The van der Waals surface area contributed by atoms with Crippen molar-refractivity contribution >= 4 is 87.2 Å². The van der Waals surface area contributed by atoms with Crippen LogP contribution in [0, 0.1) is 0 Å². The van der Waals surface area contributed by atoms with Crippen LogP contribution < -0.4 is 0 Å². The van der Waals surface area contributed by atoms with Gasteiger partial charge in [-0.15, -0.1) is 11.3 Å². The summed E-state index contributed by atoms with van der Waals surface area (Å²) in [6.45, 7) is 0. The fourth-order valence-electron chi connectivity index (χ4n) is 9.87. The van der Waals surface area contributed by atoms with E-state index in [-0.39, 0.29) is 0 Å². The molecule has 63 heavy (non-hydrogen) atoms. The number of thiophene rings is 1. The minimum absolute atomic E-state index is 0.884. The number of rotatable bonds is 5. The summed E-state index contributed by atoms with van der Waals surface area (Å²) in [4.78, 5) is 10.5. The first kappa shape index (κ1) is 34.5. The molecular weight excluding hydrogens is 789 g/mol. The van der Waals surface area contributed by atoms with E-state index in [0.29, 0.717) is 0 Å². The molecule has 6 nitrogen and oxygen atoms in total. The van der Waals surface area contributed by atoms with Crippen LogP contribution in [0.4, 0.5) is 0 Å². The van der Waals surface area contributed by atoms with Gasteiger partial charge in [0.15, 0.2) is 0 Å². The summed E-state index contributed by atoms with van der Waals surface area (Å²) in [6.07, 6.45) is 0. The zero-order chi connectivity index (χ0) is 41.2. The van der Waals surface area contributed by atoms with E-state index in [1.54, 1.807) is 0 Å². The fourth-order valence-corrected chi connectivity index (χ4v) is 11.1. The van der Waals surface area contributed by atoms with Crippen molar-refractivity contribution < 1.29 is 0 Å². The molecule has 0 aliphatic rings. The molecule has 0 bridgehead atoms. The van der Waals surface area contributed by atoms with Crippen LogP contribution in [-0.2, 0) is 0 Å². The zero-order valence-electron chi connectivity index (χ0n) is 33.7. The van der Waals surface area contributed by atoms with Crippen molar-refractivity contribution in [3.8, 4) is 44.8 Å². The number of benzene rings is 9. The third-order valence-electron chi connectivity index (χ3n) is 12.8. The average Bonchev–Trinajstić information content (AvgIpc) is 4.15. The highest BCUT2D eigenvalue weighted by Crippen LogP contribution is 2.41. The van der Waals surface area contributed by atoms with Gasteiger partial charge in [-0.2, -0.15) is 0 Å². The molecule has 0 unspecified atom stereocenters. The van der Waals surface area contributed by atoms with E-state index in [1.807, 2.05) is 11.3 Å². The number of hydrogen-bond donors (Lipinski definition) is 0. The van der Waals surface area contributed by atoms with Crippen LogP contribution in [0.3, 0.4) is 0 Å². The van der Waals surface area contributed by atoms with Crippen molar-refractivity contribution in [1.29, 1.82) is 0 Å². The number of fused-ring (bicyclic) bond motifs is 13. The van der Waals surface area contributed by atoms with Crippen LogP contribution in [0.25, 0.3) is 121 Å². The van der Waals surface area contributed by atoms with E-state index in [9.17, 15) is 0 Å². The largest absolute Gasteiger partial charge is 0.278 e. The minimum Gasteiger partial charge on any atom is -0.278 e. The molecule has 294 valence electrons. The maximum absolute atomic E-state index is 5.28. The molecule has 0 saturated carbocycles. The van der Waals surface area contributed by atoms with Gasteiger partial charge in [0.1, 0.15) is 0 Å². The second-order valence-electron chi connectivity index (χ2n) is 16.3. The van der Waals surface area contributed by atoms with Crippen LogP contribution in [-0.4, -0.2) is 27.9 Å². The molecule has 0 spiro atoms. The number of imidazole rings is 4. The lowest BCUT2D eigenvalue weighted by Gasteiger charge is -2.10. The molecule has 5 aromatic heterocycles. The van der Waals surface area contributed by atoms with Crippen molar-refractivity contribution in [1.82, 2.24) is 27.9 Å². The Morgan fingerprint density at radius 2 is 0.841 bits per heavy atom. The van der Waals surface area contributed by atoms with Crippen LogP contribution in [0.5, 0.6) is 0 Å². The van der Waals surface area contributed by atoms with Gasteiger partial charge in [0.05, 0.1) is 54.5 Å². The smallest absolute Gasteiger partial charge is 0.220 e. The Balaban J connectivity index is 0.951. The summed E-state index contributed by atoms with van der Waals surface area (Å²) >= 11 is 1.85. The standard InChI is InChI=1S/C56H34N6S/c1-2-12-35(13-3-1)36-24-26-37(27-25-36)38-14-10-15-41(32-38)59-48-30-28-39(33-51(48)60-46-20-7-5-18-44(46)57-55(59)60)40-29-31-49-52(34-40)61-47-21-8-6-19-45(47)58-56(61)62(49)50-22-11-17-43-42-16-4-9-23-53(42)63-54(43)50/h1-34H. The maximum atomic E-state index is 5.28. The fraction of sp³-hybridized carbons (Fsp3) is 0. The van der Waals surface area contributed by atoms with Crippen molar-refractivity contribution in [3.05, 3.63) is 206 Å². The molecule has 14 aromatic rings. The maximum Gasteiger partial charge on any atom is 0.220 e. The molecular formula is C56H34N6S. The summed E-state index contributed by atoms with van der Waals surface area (Å²) in [5, 5.41) is 2.55. The van der Waals surface area contributed by atoms with E-state index in [4.69, 9.17) is 9.97 Å². The molecule has 0 aliphatic heterocycles. The molecule has 5 heterocycles. The second kappa shape index (κ2) is 13.1. The molecule has 0 amide bonds. The molecule has 7 heteroatoms. The third kappa shape index (κ3) is 5.05. The van der Waals surface area contributed by atoms with Gasteiger partial charge in [-0.1, -0.05) is 133 Å². The summed E-state index contributed by atoms with van der Waals surface area (Å²) in [6, 6.07) is 74.2. The Bertz CT molecular complexity index is 4140. The summed E-state index contributed by atoms with van der Waals surface area (Å²) < 4.78 is 11.9. The number of nitrogens with zero attached hydrogens (tertiary/aromatic N) is 6. The molecule has 0 fully saturated rings. The van der Waals surface area contributed by atoms with Gasteiger partial charge in [-0.3, -0.25) is 17.9 Å². The highest BCUT2D eigenvalue weighted by atomic mass is 32.1. The minimum atomic E-state index is 0.884. The summed E-state index contributed by atoms with van der Waals surface area (Å²) in [5.74, 6) is 1.79. The Morgan fingerprint density at radius 1 is 0.333 bits per heavy atom. The summed E-state index contributed by atoms with van der Waals surface area (Å²) in [7, 11) is 0. The van der Waals surface area contributed by atoms with E-state index in [0.717, 1.165) is 83.8 Å². The van der Waals surface area contributed by atoms with Crippen LogP contribution in [0.1, 0.15) is 0 Å². The average molecular weight is 823 g/mol. The van der Waals surface area contributed by atoms with E-state index >= 15 is 0 Å². The van der Waals surface area contributed by atoms with Crippen LogP contribution >= 0.6 is 11.3 Å². The van der Waals surface area contributed by atoms with E-state index in [1.165, 1.54) is 36.9 Å². The van der Waals surface area contributed by atoms with Crippen LogP contribution in [0.2, 0.25) is 0 Å². The van der Waals surface area contributed by atoms with Crippen molar-refractivity contribution in [2.75, 3.05) is 0 Å². The van der Waals surface area contributed by atoms with E-state index < -0.39 is 0 Å². The first-order valence-electron chi connectivity index (χ1n) is 21.2. The lowest BCUT2D eigenvalue weighted by atomic mass is 10.00. The Kier molecular flexibility index (Phi) is 7.17. The highest BCUT2D eigenvalue weighted by Gasteiger charge is 2.22. The van der Waals surface area contributed by atoms with Gasteiger partial charge in [0, 0.05) is 21.2 Å². The molecule has 0 radical (unpaired) electrons. The number of para-hydroxylation sites is 4. The molecule has 0 atom stereocenters. The van der Waals surface area contributed by atoms with Crippen molar-refractivity contribution in [3.63, 3.8) is 0 Å². The lowest BCUT2D eigenvalue weighted by Crippen LogP contribution is -1.95. The Hall–Kier alpha value is -8.26. The van der Waals surface area contributed by atoms with E-state index in [2.05, 4.69) is 224 Å². The van der Waals surface area contributed by atoms with Gasteiger partial charge in [-0.05, 0) is 106 Å². The molecule has 0 aliphatic carbocycles. The monoisotopic (exact) mass is 822 g/mol. The summed E-state index contributed by atoms with van der Waals surface area (Å²) in [5.41, 5.74) is 17.7. The number of hydrogen-bond acceptors (Lipinski definition) is 3. The SMILES string of the molecule is c1ccc(-c2ccc(-c3cccc(-n4c5ccc(-c6ccc7c(c6)n6c8ccccc8nc6n7-c6cccc7c6sc6ccccc67)cc5n5c6ccccc6nc45)c3)cc2)cc1. The number of aromatic nitrogens is 6. The Labute approximate surface area is 364 Å². The predicted octanol–water partition coefficient (Wildman–Crippen LogP) is 14.5. The van der Waals surface area contributed by atoms with Crippen molar-refractivity contribution in [2.24, 2.45) is 0 Å². The van der Waals surface area contributed by atoms with Gasteiger partial charge in [0.2, 0.25) is 11.6 Å². The first-order valence-corrected chi connectivity index (χ1v) is 22.1. The van der Waals surface area contributed by atoms with Gasteiger partial charge in [0.25, 0.3) is 0 Å². The van der Waals surface area contributed by atoms with Crippen molar-refractivity contribution in [2.45, 2.75) is 0 Å². The van der Waals surface area contributed by atoms with Gasteiger partial charge < -0.3 is 0 Å². The normalized spacial score (nSPS) is 12.1. The van der Waals surface area contributed by atoms with Gasteiger partial charge in [-0.25, -0.2) is 9.97 Å². The Morgan fingerprint density at radius 3 is 1.56 bits per heavy atom. The predicted molar refractivity (Wildman–Crippen MR) is 262 cm³/mol. The molecule has 14 rings (SSSR count). The van der Waals surface area contributed by atoms with Crippen LogP contribution in [0.15, 0.2) is 206 Å².